The SMILES string of the molecule is O=C(OCCN1CCOCC1)c1ccc(-c2csc3c(=O)cc(N4CCCCC4)oc23)cc1. The summed E-state index contributed by atoms with van der Waals surface area (Å²) in [5.74, 6) is 0.316. The number of carbonyl (C=O) groups is 1. The lowest BCUT2D eigenvalue weighted by atomic mass is 10.1. The van der Waals surface area contributed by atoms with Crippen molar-refractivity contribution in [3.8, 4) is 11.1 Å². The highest BCUT2D eigenvalue weighted by molar-refractivity contribution is 7.17. The molecule has 0 saturated carbocycles. The van der Waals surface area contributed by atoms with Gasteiger partial charge in [0.05, 0.1) is 18.8 Å². The minimum Gasteiger partial charge on any atom is -0.461 e. The minimum absolute atomic E-state index is 0.00598. The Morgan fingerprint density at radius 2 is 1.79 bits per heavy atom. The van der Waals surface area contributed by atoms with E-state index in [0.717, 1.165) is 63.4 Å². The summed E-state index contributed by atoms with van der Waals surface area (Å²) < 4.78 is 17.6. The Morgan fingerprint density at radius 3 is 2.55 bits per heavy atom. The van der Waals surface area contributed by atoms with E-state index in [9.17, 15) is 9.59 Å². The number of anilines is 1. The van der Waals surface area contributed by atoms with Crippen LogP contribution >= 0.6 is 11.3 Å². The van der Waals surface area contributed by atoms with Crippen molar-refractivity contribution in [3.05, 3.63) is 51.5 Å². The largest absolute Gasteiger partial charge is 0.461 e. The Kier molecular flexibility index (Phi) is 6.75. The monoisotopic (exact) mass is 468 g/mol. The highest BCUT2D eigenvalue weighted by Gasteiger charge is 2.19. The van der Waals surface area contributed by atoms with Gasteiger partial charge in [0.1, 0.15) is 11.3 Å². The van der Waals surface area contributed by atoms with Crippen molar-refractivity contribution in [3.63, 3.8) is 0 Å². The van der Waals surface area contributed by atoms with Crippen molar-refractivity contribution < 1.29 is 18.7 Å². The molecule has 5 rings (SSSR count). The molecule has 3 aromatic rings. The van der Waals surface area contributed by atoms with Gasteiger partial charge in [-0.2, -0.15) is 0 Å². The summed E-state index contributed by atoms with van der Waals surface area (Å²) in [7, 11) is 0. The molecule has 4 heterocycles. The van der Waals surface area contributed by atoms with Gasteiger partial charge in [0.15, 0.2) is 11.5 Å². The molecule has 2 aliphatic heterocycles. The summed E-state index contributed by atoms with van der Waals surface area (Å²) in [6.07, 6.45) is 3.44. The van der Waals surface area contributed by atoms with Gasteiger partial charge in [0, 0.05) is 49.7 Å². The summed E-state index contributed by atoms with van der Waals surface area (Å²) in [5, 5.41) is 1.95. The number of carbonyl (C=O) groups excluding carboxylic acids is 1. The maximum atomic E-state index is 12.7. The molecule has 0 bridgehead atoms. The fourth-order valence-corrected chi connectivity index (χ4v) is 5.27. The molecule has 0 aliphatic carbocycles. The predicted molar refractivity (Wildman–Crippen MR) is 129 cm³/mol. The zero-order chi connectivity index (χ0) is 22.6. The molecule has 2 fully saturated rings. The zero-order valence-corrected chi connectivity index (χ0v) is 19.4. The van der Waals surface area contributed by atoms with Gasteiger partial charge in [-0.3, -0.25) is 9.69 Å². The van der Waals surface area contributed by atoms with Crippen LogP contribution in [0.3, 0.4) is 0 Å². The quantitative estimate of drug-likeness (QED) is 0.506. The number of thiophene rings is 1. The second-order valence-electron chi connectivity index (χ2n) is 8.47. The van der Waals surface area contributed by atoms with Gasteiger partial charge in [-0.25, -0.2) is 4.79 Å². The van der Waals surface area contributed by atoms with Crippen LogP contribution in [0.1, 0.15) is 29.6 Å². The molecule has 0 atom stereocenters. The lowest BCUT2D eigenvalue weighted by Crippen LogP contribution is -2.38. The Balaban J connectivity index is 1.30. The van der Waals surface area contributed by atoms with Crippen LogP contribution < -0.4 is 10.3 Å². The Hall–Kier alpha value is -2.68. The first kappa shape index (κ1) is 22.1. The summed E-state index contributed by atoms with van der Waals surface area (Å²) in [4.78, 5) is 29.5. The van der Waals surface area contributed by atoms with Gasteiger partial charge in [-0.15, -0.1) is 11.3 Å². The van der Waals surface area contributed by atoms with Crippen LogP contribution in [0.2, 0.25) is 0 Å². The van der Waals surface area contributed by atoms with Gasteiger partial charge in [0.25, 0.3) is 0 Å². The number of benzene rings is 1. The van der Waals surface area contributed by atoms with Crippen molar-refractivity contribution in [2.45, 2.75) is 19.3 Å². The normalized spacial score (nSPS) is 17.4. The van der Waals surface area contributed by atoms with Crippen molar-refractivity contribution in [2.75, 3.05) is 57.4 Å². The van der Waals surface area contributed by atoms with Crippen LogP contribution in [0.5, 0.6) is 0 Å². The molecule has 0 amide bonds. The van der Waals surface area contributed by atoms with Crippen LogP contribution in [-0.2, 0) is 9.47 Å². The third-order valence-electron chi connectivity index (χ3n) is 6.27. The van der Waals surface area contributed by atoms with Crippen LogP contribution in [0.25, 0.3) is 21.4 Å². The van der Waals surface area contributed by atoms with Gasteiger partial charge < -0.3 is 18.8 Å². The molecular formula is C25H28N2O5S. The summed E-state index contributed by atoms with van der Waals surface area (Å²) in [6.45, 7) is 6.10. The highest BCUT2D eigenvalue weighted by Crippen LogP contribution is 2.35. The number of piperidine rings is 1. The Bertz CT molecular complexity index is 1160. The maximum absolute atomic E-state index is 12.7. The molecule has 7 nitrogen and oxygen atoms in total. The van der Waals surface area contributed by atoms with Crippen LogP contribution in [0.4, 0.5) is 5.88 Å². The number of ether oxygens (including phenoxy) is 2. The smallest absolute Gasteiger partial charge is 0.338 e. The van der Waals surface area contributed by atoms with E-state index in [4.69, 9.17) is 13.9 Å². The lowest BCUT2D eigenvalue weighted by Gasteiger charge is -2.26. The second kappa shape index (κ2) is 10.1. The van der Waals surface area contributed by atoms with Crippen molar-refractivity contribution >= 4 is 33.5 Å². The number of hydrogen-bond donors (Lipinski definition) is 0. The van der Waals surface area contributed by atoms with E-state index < -0.39 is 0 Å². The lowest BCUT2D eigenvalue weighted by molar-refractivity contribution is 0.0195. The van der Waals surface area contributed by atoms with E-state index in [0.29, 0.717) is 34.9 Å². The molecule has 2 aromatic heterocycles. The van der Waals surface area contributed by atoms with Crippen LogP contribution in [0.15, 0.2) is 44.9 Å². The van der Waals surface area contributed by atoms with Crippen molar-refractivity contribution in [2.24, 2.45) is 0 Å². The molecule has 0 N–H and O–H groups in total. The predicted octanol–water partition coefficient (Wildman–Crippen LogP) is 4.00. The van der Waals surface area contributed by atoms with E-state index in [2.05, 4.69) is 9.80 Å². The molecule has 0 unspecified atom stereocenters. The van der Waals surface area contributed by atoms with Gasteiger partial charge in [0.2, 0.25) is 5.43 Å². The molecular weight excluding hydrogens is 440 g/mol. The van der Waals surface area contributed by atoms with Crippen molar-refractivity contribution in [1.29, 1.82) is 0 Å². The molecule has 33 heavy (non-hydrogen) atoms. The molecule has 0 spiro atoms. The van der Waals surface area contributed by atoms with Crippen molar-refractivity contribution in [1.82, 2.24) is 4.90 Å². The number of morpholine rings is 1. The van der Waals surface area contributed by atoms with Gasteiger partial charge in [-0.1, -0.05) is 12.1 Å². The summed E-state index contributed by atoms with van der Waals surface area (Å²) in [5.41, 5.74) is 2.90. The van der Waals surface area contributed by atoms with E-state index in [1.165, 1.54) is 17.8 Å². The molecule has 2 aliphatic rings. The first-order chi connectivity index (χ1) is 16.2. The van der Waals surface area contributed by atoms with Gasteiger partial charge in [-0.05, 0) is 37.0 Å². The molecule has 2 saturated heterocycles. The minimum atomic E-state index is -0.330. The van der Waals surface area contributed by atoms with Gasteiger partial charge >= 0.3 is 5.97 Å². The standard InChI is InChI=1S/C25H28N2O5S/c28-21-16-22(27-8-2-1-3-9-27)32-23-20(17-33-24(21)23)18-4-6-19(7-5-18)25(29)31-15-12-26-10-13-30-14-11-26/h4-7,16-17H,1-3,8-15H2. The van der Waals surface area contributed by atoms with E-state index in [-0.39, 0.29) is 11.4 Å². The average molecular weight is 469 g/mol. The first-order valence-electron chi connectivity index (χ1n) is 11.6. The number of hydrogen-bond acceptors (Lipinski definition) is 8. The third-order valence-corrected chi connectivity index (χ3v) is 7.25. The topological polar surface area (TPSA) is 72.2 Å². The fraction of sp³-hybridized carbons (Fsp3) is 0.440. The molecule has 174 valence electrons. The fourth-order valence-electron chi connectivity index (χ4n) is 4.36. The molecule has 1 aromatic carbocycles. The first-order valence-corrected chi connectivity index (χ1v) is 12.4. The zero-order valence-electron chi connectivity index (χ0n) is 18.6. The second-order valence-corrected chi connectivity index (χ2v) is 9.35. The maximum Gasteiger partial charge on any atom is 0.338 e. The molecule has 8 heteroatoms. The van der Waals surface area contributed by atoms with Crippen LogP contribution in [0, 0.1) is 0 Å². The number of fused-ring (bicyclic) bond motifs is 1. The average Bonchev–Trinajstić information content (AvgIpc) is 3.30. The van der Waals surface area contributed by atoms with E-state index in [1.807, 2.05) is 17.5 Å². The van der Waals surface area contributed by atoms with E-state index >= 15 is 0 Å². The van der Waals surface area contributed by atoms with E-state index in [1.54, 1.807) is 18.2 Å². The molecule has 0 radical (unpaired) electrons. The number of nitrogens with zero attached hydrogens (tertiary/aromatic N) is 2. The summed E-state index contributed by atoms with van der Waals surface area (Å²) >= 11 is 1.40. The summed E-state index contributed by atoms with van der Waals surface area (Å²) in [6, 6.07) is 8.91. The Morgan fingerprint density at radius 1 is 1.03 bits per heavy atom. The highest BCUT2D eigenvalue weighted by atomic mass is 32.1. The number of esters is 1. The third kappa shape index (κ3) is 4.98. The van der Waals surface area contributed by atoms with Crippen LogP contribution in [-0.4, -0.2) is 63.4 Å². The number of rotatable bonds is 6. The Labute approximate surface area is 196 Å².